The summed E-state index contributed by atoms with van der Waals surface area (Å²) in [5, 5.41) is 2.80. The lowest BCUT2D eigenvalue weighted by molar-refractivity contribution is -0.121. The largest absolute Gasteiger partial charge is 0.354 e. The van der Waals surface area contributed by atoms with Crippen molar-refractivity contribution in [3.63, 3.8) is 0 Å². The minimum atomic E-state index is 0.160. The Hall–Kier alpha value is -0.530. The highest BCUT2D eigenvalue weighted by Crippen LogP contribution is 1.86. The first-order valence-electron chi connectivity index (χ1n) is 4.46. The van der Waals surface area contributed by atoms with Crippen LogP contribution in [0.1, 0.15) is 47.5 Å². The van der Waals surface area contributed by atoms with Crippen LogP contribution in [0.3, 0.4) is 0 Å². The second-order valence-electron chi connectivity index (χ2n) is 2.47. The average Bonchev–Trinajstić information content (AvgIpc) is 1.91. The summed E-state index contributed by atoms with van der Waals surface area (Å²) in [5.74, 6) is 0.160. The van der Waals surface area contributed by atoms with Gasteiger partial charge in [-0.05, 0) is 20.3 Å². The fourth-order valence-corrected chi connectivity index (χ4v) is 0.621. The van der Waals surface area contributed by atoms with E-state index in [4.69, 9.17) is 0 Å². The van der Waals surface area contributed by atoms with E-state index < -0.39 is 0 Å². The molecule has 0 atom stereocenters. The Morgan fingerprint density at radius 2 is 1.82 bits per heavy atom. The molecule has 0 aromatic rings. The fraction of sp³-hybridized carbons (Fsp3) is 0.889. The van der Waals surface area contributed by atoms with Crippen molar-refractivity contribution >= 4 is 5.91 Å². The molecule has 0 unspecified atom stereocenters. The van der Waals surface area contributed by atoms with E-state index in [1.54, 1.807) is 0 Å². The van der Waals surface area contributed by atoms with E-state index in [-0.39, 0.29) is 11.9 Å². The number of nitrogens with one attached hydrogen (secondary N) is 1. The van der Waals surface area contributed by atoms with Crippen molar-refractivity contribution in [2.45, 2.75) is 53.5 Å². The summed E-state index contributed by atoms with van der Waals surface area (Å²) in [7, 11) is 0. The van der Waals surface area contributed by atoms with Gasteiger partial charge in [0, 0.05) is 12.5 Å². The minimum Gasteiger partial charge on any atom is -0.354 e. The molecule has 11 heavy (non-hydrogen) atoms. The summed E-state index contributed by atoms with van der Waals surface area (Å²) in [6.45, 7) is 9.93. The highest BCUT2D eigenvalue weighted by molar-refractivity contribution is 5.75. The normalized spacial score (nSPS) is 8.55. The molecule has 0 aromatic carbocycles. The number of hydrogen-bond acceptors (Lipinski definition) is 1. The molecule has 2 heteroatoms. The van der Waals surface area contributed by atoms with Gasteiger partial charge in [-0.2, -0.15) is 0 Å². The Labute approximate surface area is 70.4 Å². The Bertz CT molecular complexity index is 89.6. The molecule has 0 fully saturated rings. The lowest BCUT2D eigenvalue weighted by Gasteiger charge is -2.05. The molecule has 0 radical (unpaired) electrons. The molecular weight excluding hydrogens is 138 g/mol. The molecule has 0 heterocycles. The van der Waals surface area contributed by atoms with E-state index in [0.717, 1.165) is 6.42 Å². The molecule has 0 aliphatic rings. The molecule has 0 bridgehead atoms. The predicted molar refractivity (Wildman–Crippen MR) is 49.5 cm³/mol. The molecule has 0 spiro atoms. The highest BCUT2D eigenvalue weighted by atomic mass is 16.1. The summed E-state index contributed by atoms with van der Waals surface area (Å²) in [6, 6.07) is 0.282. The molecule has 0 aliphatic heterocycles. The van der Waals surface area contributed by atoms with Gasteiger partial charge in [0.25, 0.3) is 0 Å². The third-order valence-electron chi connectivity index (χ3n) is 0.927. The van der Waals surface area contributed by atoms with E-state index in [9.17, 15) is 4.79 Å². The smallest absolute Gasteiger partial charge is 0.220 e. The molecule has 0 aliphatic carbocycles. The van der Waals surface area contributed by atoms with Crippen LogP contribution in [-0.2, 0) is 4.79 Å². The maximum atomic E-state index is 10.7. The van der Waals surface area contributed by atoms with Crippen LogP contribution < -0.4 is 5.32 Å². The Balaban J connectivity index is 0. The molecule has 1 amide bonds. The van der Waals surface area contributed by atoms with Gasteiger partial charge in [0.2, 0.25) is 5.91 Å². The first kappa shape index (κ1) is 13.1. The quantitative estimate of drug-likeness (QED) is 0.673. The molecular formula is C9H21NO. The van der Waals surface area contributed by atoms with Gasteiger partial charge in [0.1, 0.15) is 0 Å². The third kappa shape index (κ3) is 12.6. The lowest BCUT2D eigenvalue weighted by Crippen LogP contribution is -2.29. The van der Waals surface area contributed by atoms with E-state index in [0.29, 0.717) is 6.42 Å². The number of carbonyl (C=O) groups is 1. The van der Waals surface area contributed by atoms with Gasteiger partial charge in [0.05, 0.1) is 0 Å². The molecule has 1 N–H and O–H groups in total. The topological polar surface area (TPSA) is 29.1 Å². The van der Waals surface area contributed by atoms with Gasteiger partial charge >= 0.3 is 0 Å². The summed E-state index contributed by atoms with van der Waals surface area (Å²) >= 11 is 0. The molecule has 2 nitrogen and oxygen atoms in total. The summed E-state index contributed by atoms with van der Waals surface area (Å²) < 4.78 is 0. The zero-order chi connectivity index (χ0) is 9.28. The van der Waals surface area contributed by atoms with Gasteiger partial charge in [-0.25, -0.2) is 0 Å². The second-order valence-corrected chi connectivity index (χ2v) is 2.47. The second kappa shape index (κ2) is 9.47. The number of rotatable bonds is 3. The zero-order valence-corrected chi connectivity index (χ0v) is 8.40. The van der Waals surface area contributed by atoms with Crippen LogP contribution in [0, 0.1) is 0 Å². The molecule has 0 rings (SSSR count). The van der Waals surface area contributed by atoms with Gasteiger partial charge < -0.3 is 5.32 Å². The van der Waals surface area contributed by atoms with Crippen LogP contribution in [0.4, 0.5) is 0 Å². The maximum Gasteiger partial charge on any atom is 0.220 e. The fourth-order valence-electron chi connectivity index (χ4n) is 0.621. The van der Waals surface area contributed by atoms with Crippen molar-refractivity contribution < 1.29 is 4.79 Å². The first-order chi connectivity index (χ1) is 5.16. The van der Waals surface area contributed by atoms with Crippen LogP contribution in [0.2, 0.25) is 0 Å². The Kier molecular flexibility index (Phi) is 11.3. The predicted octanol–water partition coefficient (Wildman–Crippen LogP) is 2.34. The van der Waals surface area contributed by atoms with E-state index >= 15 is 0 Å². The van der Waals surface area contributed by atoms with Gasteiger partial charge in [-0.15, -0.1) is 0 Å². The SMILES string of the molecule is CC.CCCC(=O)NC(C)C. The van der Waals surface area contributed by atoms with Gasteiger partial charge in [-0.3, -0.25) is 4.79 Å². The summed E-state index contributed by atoms with van der Waals surface area (Å²) in [5.41, 5.74) is 0. The van der Waals surface area contributed by atoms with Crippen LogP contribution in [0.25, 0.3) is 0 Å². The van der Waals surface area contributed by atoms with Crippen molar-refractivity contribution in [3.05, 3.63) is 0 Å². The van der Waals surface area contributed by atoms with E-state index in [1.165, 1.54) is 0 Å². The van der Waals surface area contributed by atoms with Crippen molar-refractivity contribution in [2.75, 3.05) is 0 Å². The average molecular weight is 159 g/mol. The number of carbonyl (C=O) groups excluding carboxylic acids is 1. The first-order valence-corrected chi connectivity index (χ1v) is 4.46. The van der Waals surface area contributed by atoms with Crippen molar-refractivity contribution in [2.24, 2.45) is 0 Å². The Morgan fingerprint density at radius 3 is 2.09 bits per heavy atom. The summed E-state index contributed by atoms with van der Waals surface area (Å²) in [4.78, 5) is 10.7. The van der Waals surface area contributed by atoms with Crippen LogP contribution in [0.5, 0.6) is 0 Å². The van der Waals surface area contributed by atoms with Crippen molar-refractivity contribution in [1.82, 2.24) is 5.32 Å². The minimum absolute atomic E-state index is 0.160. The van der Waals surface area contributed by atoms with Crippen molar-refractivity contribution in [3.8, 4) is 0 Å². The van der Waals surface area contributed by atoms with Crippen LogP contribution in [0.15, 0.2) is 0 Å². The van der Waals surface area contributed by atoms with E-state index in [2.05, 4.69) is 5.32 Å². The molecule has 0 saturated carbocycles. The molecule has 68 valence electrons. The number of hydrogen-bond donors (Lipinski definition) is 1. The standard InChI is InChI=1S/C7H15NO.C2H6/c1-4-5-7(9)8-6(2)3;1-2/h6H,4-5H2,1-3H3,(H,8,9);1-2H3. The lowest BCUT2D eigenvalue weighted by atomic mass is 10.3. The number of amides is 1. The monoisotopic (exact) mass is 159 g/mol. The van der Waals surface area contributed by atoms with Gasteiger partial charge in [0.15, 0.2) is 0 Å². The zero-order valence-electron chi connectivity index (χ0n) is 8.40. The van der Waals surface area contributed by atoms with Crippen LogP contribution in [-0.4, -0.2) is 11.9 Å². The maximum absolute atomic E-state index is 10.7. The van der Waals surface area contributed by atoms with Crippen molar-refractivity contribution in [1.29, 1.82) is 0 Å². The summed E-state index contributed by atoms with van der Waals surface area (Å²) in [6.07, 6.45) is 1.58. The third-order valence-corrected chi connectivity index (χ3v) is 0.927. The van der Waals surface area contributed by atoms with E-state index in [1.807, 2.05) is 34.6 Å². The highest BCUT2D eigenvalue weighted by Gasteiger charge is 1.98. The van der Waals surface area contributed by atoms with Gasteiger partial charge in [-0.1, -0.05) is 20.8 Å². The Morgan fingerprint density at radius 1 is 1.36 bits per heavy atom. The molecule has 0 saturated heterocycles. The molecule has 0 aromatic heterocycles. The van der Waals surface area contributed by atoms with Crippen LogP contribution >= 0.6 is 0 Å².